The summed E-state index contributed by atoms with van der Waals surface area (Å²) in [5.74, 6) is 1.15. The Hall–Kier alpha value is -3.58. The molecular formula is C27H25FN4OS. The van der Waals surface area contributed by atoms with Gasteiger partial charge in [-0.25, -0.2) is 14.4 Å². The van der Waals surface area contributed by atoms with Gasteiger partial charge in [-0.1, -0.05) is 48.5 Å². The van der Waals surface area contributed by atoms with Crippen LogP contribution in [-0.2, 0) is 6.42 Å². The number of hydrogen-bond donors (Lipinski definition) is 0. The number of halogens is 1. The Kier molecular flexibility index (Phi) is 6.36. The van der Waals surface area contributed by atoms with Gasteiger partial charge in [0.25, 0.3) is 5.91 Å². The number of thiophene rings is 1. The molecule has 0 unspecified atom stereocenters. The Balaban J connectivity index is 1.47. The molecule has 5 nitrogen and oxygen atoms in total. The summed E-state index contributed by atoms with van der Waals surface area (Å²) in [5, 5.41) is 1.93. The minimum absolute atomic E-state index is 0.0819. The van der Waals surface area contributed by atoms with E-state index >= 15 is 0 Å². The van der Waals surface area contributed by atoms with Crippen LogP contribution < -0.4 is 4.90 Å². The van der Waals surface area contributed by atoms with Crippen molar-refractivity contribution in [2.75, 3.05) is 31.1 Å². The van der Waals surface area contributed by atoms with E-state index in [4.69, 9.17) is 9.97 Å². The van der Waals surface area contributed by atoms with Gasteiger partial charge in [-0.2, -0.15) is 0 Å². The predicted molar refractivity (Wildman–Crippen MR) is 134 cm³/mol. The molecule has 1 amide bonds. The van der Waals surface area contributed by atoms with Crippen molar-refractivity contribution < 1.29 is 9.18 Å². The number of benzene rings is 2. The molecule has 172 valence electrons. The van der Waals surface area contributed by atoms with Crippen LogP contribution in [-0.4, -0.2) is 47.0 Å². The van der Waals surface area contributed by atoms with Gasteiger partial charge in [0.2, 0.25) is 0 Å². The van der Waals surface area contributed by atoms with Gasteiger partial charge in [-0.15, -0.1) is 11.3 Å². The minimum Gasteiger partial charge on any atom is -0.353 e. The third-order valence-electron chi connectivity index (χ3n) is 6.10. The SMILES string of the molecule is Cc1nc(-c2cccc(F)c2)nc(N2CCN(C(=O)c3cccs3)CC2)c1Cc1ccccc1. The highest BCUT2D eigenvalue weighted by atomic mass is 32.1. The van der Waals surface area contributed by atoms with Gasteiger partial charge in [0.05, 0.1) is 4.88 Å². The first kappa shape index (κ1) is 22.2. The van der Waals surface area contributed by atoms with E-state index in [1.165, 1.54) is 29.0 Å². The number of carbonyl (C=O) groups is 1. The van der Waals surface area contributed by atoms with Gasteiger partial charge in [0.1, 0.15) is 11.6 Å². The Morgan fingerprint density at radius 2 is 1.76 bits per heavy atom. The number of aryl methyl sites for hydroxylation is 1. The van der Waals surface area contributed by atoms with Gasteiger partial charge in [0.15, 0.2) is 5.82 Å². The average molecular weight is 473 g/mol. The standard InChI is InChI=1S/C27H25FN4OS/c1-19-23(17-20-7-3-2-4-8-20)26(30-25(29-19)21-9-5-10-22(28)18-21)31-12-14-32(15-13-31)27(33)24-11-6-16-34-24/h2-11,16,18H,12-15,17H2,1H3. The number of hydrogen-bond acceptors (Lipinski definition) is 5. The molecule has 34 heavy (non-hydrogen) atoms. The van der Waals surface area contributed by atoms with Crippen LogP contribution in [0.1, 0.15) is 26.5 Å². The van der Waals surface area contributed by atoms with Crippen molar-refractivity contribution in [2.24, 2.45) is 0 Å². The average Bonchev–Trinajstić information content (AvgIpc) is 3.41. The zero-order valence-corrected chi connectivity index (χ0v) is 19.8. The molecule has 3 heterocycles. The van der Waals surface area contributed by atoms with Gasteiger partial charge in [0, 0.05) is 49.4 Å². The van der Waals surface area contributed by atoms with Gasteiger partial charge >= 0.3 is 0 Å². The molecule has 1 fully saturated rings. The van der Waals surface area contributed by atoms with Crippen LogP contribution in [0.5, 0.6) is 0 Å². The molecule has 0 aliphatic carbocycles. The molecule has 0 saturated carbocycles. The van der Waals surface area contributed by atoms with Crippen molar-refractivity contribution >= 4 is 23.1 Å². The fraction of sp³-hybridized carbons (Fsp3) is 0.222. The van der Waals surface area contributed by atoms with Crippen molar-refractivity contribution in [3.8, 4) is 11.4 Å². The lowest BCUT2D eigenvalue weighted by atomic mass is 10.0. The van der Waals surface area contributed by atoms with Crippen molar-refractivity contribution in [3.05, 3.63) is 99.6 Å². The lowest BCUT2D eigenvalue weighted by Gasteiger charge is -2.36. The van der Waals surface area contributed by atoms with Crippen LogP contribution in [0.15, 0.2) is 72.1 Å². The molecule has 2 aromatic carbocycles. The van der Waals surface area contributed by atoms with Crippen LogP contribution in [0.2, 0.25) is 0 Å². The van der Waals surface area contributed by atoms with Crippen molar-refractivity contribution in [3.63, 3.8) is 0 Å². The van der Waals surface area contributed by atoms with E-state index in [0.717, 1.165) is 22.0 Å². The van der Waals surface area contributed by atoms with E-state index in [-0.39, 0.29) is 11.7 Å². The smallest absolute Gasteiger partial charge is 0.264 e. The number of aromatic nitrogens is 2. The molecule has 0 N–H and O–H groups in total. The molecule has 5 rings (SSSR count). The van der Waals surface area contributed by atoms with Crippen molar-refractivity contribution in [1.29, 1.82) is 0 Å². The molecule has 0 spiro atoms. The van der Waals surface area contributed by atoms with Crippen LogP contribution in [0.4, 0.5) is 10.2 Å². The highest BCUT2D eigenvalue weighted by molar-refractivity contribution is 7.12. The third kappa shape index (κ3) is 4.70. The molecule has 2 aromatic heterocycles. The Morgan fingerprint density at radius 1 is 0.971 bits per heavy atom. The van der Waals surface area contributed by atoms with E-state index in [9.17, 15) is 9.18 Å². The second-order valence-corrected chi connectivity index (χ2v) is 9.31. The summed E-state index contributed by atoms with van der Waals surface area (Å²) in [6.07, 6.45) is 0.708. The normalized spacial score (nSPS) is 13.8. The second kappa shape index (κ2) is 9.73. The summed E-state index contributed by atoms with van der Waals surface area (Å²) in [5.41, 5.74) is 3.78. The van der Waals surface area contributed by atoms with Crippen LogP contribution >= 0.6 is 11.3 Å². The maximum Gasteiger partial charge on any atom is 0.264 e. The highest BCUT2D eigenvalue weighted by Gasteiger charge is 2.26. The monoisotopic (exact) mass is 472 g/mol. The van der Waals surface area contributed by atoms with E-state index in [0.29, 0.717) is 44.0 Å². The second-order valence-electron chi connectivity index (χ2n) is 8.36. The summed E-state index contributed by atoms with van der Waals surface area (Å²) in [7, 11) is 0. The Labute approximate surface area is 202 Å². The Morgan fingerprint density at radius 3 is 2.47 bits per heavy atom. The topological polar surface area (TPSA) is 49.3 Å². The minimum atomic E-state index is -0.311. The maximum absolute atomic E-state index is 13.9. The summed E-state index contributed by atoms with van der Waals surface area (Å²) in [6.45, 7) is 4.60. The molecule has 0 bridgehead atoms. The van der Waals surface area contributed by atoms with E-state index in [1.54, 1.807) is 6.07 Å². The molecule has 1 saturated heterocycles. The third-order valence-corrected chi connectivity index (χ3v) is 6.95. The first-order valence-electron chi connectivity index (χ1n) is 11.3. The number of anilines is 1. The van der Waals surface area contributed by atoms with Crippen LogP contribution in [0, 0.1) is 12.7 Å². The molecule has 7 heteroatoms. The zero-order valence-electron chi connectivity index (χ0n) is 18.9. The molecular weight excluding hydrogens is 447 g/mol. The lowest BCUT2D eigenvalue weighted by Crippen LogP contribution is -2.49. The van der Waals surface area contributed by atoms with Crippen LogP contribution in [0.25, 0.3) is 11.4 Å². The van der Waals surface area contributed by atoms with Crippen molar-refractivity contribution in [2.45, 2.75) is 13.3 Å². The molecule has 0 radical (unpaired) electrons. The van der Waals surface area contributed by atoms with Gasteiger partial charge < -0.3 is 9.80 Å². The molecule has 4 aromatic rings. The fourth-order valence-corrected chi connectivity index (χ4v) is 4.97. The first-order chi connectivity index (χ1) is 16.6. The summed E-state index contributed by atoms with van der Waals surface area (Å²) < 4.78 is 13.9. The summed E-state index contributed by atoms with van der Waals surface area (Å²) >= 11 is 1.47. The molecule has 0 atom stereocenters. The molecule has 1 aliphatic heterocycles. The van der Waals surface area contributed by atoms with E-state index in [2.05, 4.69) is 17.0 Å². The number of rotatable bonds is 5. The largest absolute Gasteiger partial charge is 0.353 e. The van der Waals surface area contributed by atoms with Crippen LogP contribution in [0.3, 0.4) is 0 Å². The number of amides is 1. The Bertz CT molecular complexity index is 1290. The predicted octanol–water partition coefficient (Wildman–Crippen LogP) is 5.21. The van der Waals surface area contributed by atoms with E-state index in [1.807, 2.05) is 53.6 Å². The van der Waals surface area contributed by atoms with Gasteiger partial charge in [-0.3, -0.25) is 4.79 Å². The van der Waals surface area contributed by atoms with Crippen molar-refractivity contribution in [1.82, 2.24) is 14.9 Å². The van der Waals surface area contributed by atoms with E-state index < -0.39 is 0 Å². The number of piperazine rings is 1. The zero-order chi connectivity index (χ0) is 23.5. The highest BCUT2D eigenvalue weighted by Crippen LogP contribution is 2.29. The lowest BCUT2D eigenvalue weighted by molar-refractivity contribution is 0.0751. The molecule has 1 aliphatic rings. The first-order valence-corrected chi connectivity index (χ1v) is 12.2. The fourth-order valence-electron chi connectivity index (χ4n) is 4.28. The quantitative estimate of drug-likeness (QED) is 0.400. The number of nitrogens with zero attached hydrogens (tertiary/aromatic N) is 4. The van der Waals surface area contributed by atoms with Gasteiger partial charge in [-0.05, 0) is 36.1 Å². The summed E-state index contributed by atoms with van der Waals surface area (Å²) in [6, 6.07) is 20.4. The maximum atomic E-state index is 13.9. The summed E-state index contributed by atoms with van der Waals surface area (Å²) in [4.78, 5) is 27.4. The number of carbonyl (C=O) groups excluding carboxylic acids is 1.